The molecule has 1 fully saturated rings. The van der Waals surface area contributed by atoms with Crippen LogP contribution in [0.4, 0.5) is 0 Å². The fourth-order valence-corrected chi connectivity index (χ4v) is 12.7. The number of rotatable bonds is 18. The first-order chi connectivity index (χ1) is 41.0. The number of carbonyl (C=O) groups excluding carboxylic acids is 4. The van der Waals surface area contributed by atoms with Crippen LogP contribution in [-0.2, 0) is 74.3 Å². The summed E-state index contributed by atoms with van der Waals surface area (Å²) < 4.78 is 73.9. The summed E-state index contributed by atoms with van der Waals surface area (Å²) in [4.78, 5) is 74.7. The molecule has 2 aromatic heterocycles. The van der Waals surface area contributed by atoms with E-state index in [-0.39, 0.29) is 91.4 Å². The number of cyclic esters (lactones) is 2. The van der Waals surface area contributed by atoms with Crippen LogP contribution in [0.3, 0.4) is 0 Å². The summed E-state index contributed by atoms with van der Waals surface area (Å²) in [6.07, 6.45) is -1.03. The Balaban J connectivity index is 0.733. The predicted octanol–water partition coefficient (Wildman–Crippen LogP) is 10.3. The fraction of sp³-hybridized carbons (Fsp3) is 0.250. The van der Waals surface area contributed by atoms with Crippen molar-refractivity contribution in [3.63, 3.8) is 0 Å². The predicted molar refractivity (Wildman–Crippen MR) is 300 cm³/mol. The average molecular weight is 1150 g/mol. The van der Waals surface area contributed by atoms with Gasteiger partial charge in [0, 0.05) is 33.9 Å². The minimum atomic E-state index is -2.04. The molecule has 5 atom stereocenters. The highest BCUT2D eigenvalue weighted by Crippen LogP contribution is 2.58. The summed E-state index contributed by atoms with van der Waals surface area (Å²) in [5, 5.41) is 0.927. The summed E-state index contributed by atoms with van der Waals surface area (Å²) in [5.74, 6) is -3.33. The Bertz CT molecular complexity index is 3900. The summed E-state index contributed by atoms with van der Waals surface area (Å²) >= 11 is 0. The molecule has 5 aliphatic rings. The number of hydrogen-bond acceptors (Lipinski definition) is 18. The summed E-state index contributed by atoms with van der Waals surface area (Å²) in [7, 11) is 0.951. The van der Waals surface area contributed by atoms with Gasteiger partial charge in [-0.3, -0.25) is 18.6 Å². The first-order valence-electron chi connectivity index (χ1n) is 27.2. The SMILES string of the molecule is CC[C@@]1(OC(=O)COc2ccc(C(=O)O[C@H]3c4cc5c(cc4[C@@H](c4cc(OC)c(OP(OCc6ccccc6)OCc6ccccc6)c(OC)c4)[C@H]4C(=O)OCC34)OCO5)cc2)C(=O)OCc2c1cc1n(c2=O)Cc2cc3ccccc3nc2-1. The van der Waals surface area contributed by atoms with Crippen LogP contribution in [0.25, 0.3) is 22.3 Å². The number of pyridine rings is 2. The zero-order valence-electron chi connectivity index (χ0n) is 45.6. The number of aromatic nitrogens is 2. The number of esters is 4. The first kappa shape index (κ1) is 54.0. The number of nitrogens with zero attached hydrogens (tertiary/aromatic N) is 2. The third-order valence-electron chi connectivity index (χ3n) is 15.8. The van der Waals surface area contributed by atoms with Gasteiger partial charge >= 0.3 is 32.5 Å². The van der Waals surface area contributed by atoms with Crippen LogP contribution in [0.1, 0.15) is 80.2 Å². The van der Waals surface area contributed by atoms with Gasteiger partial charge in [0.1, 0.15) is 18.5 Å². The molecule has 0 saturated carbocycles. The Hall–Kier alpha value is -9.29. The van der Waals surface area contributed by atoms with Crippen molar-refractivity contribution in [2.75, 3.05) is 34.2 Å². The lowest BCUT2D eigenvalue weighted by Gasteiger charge is -2.38. The average Bonchev–Trinajstić information content (AvgIpc) is 3.65. The normalized spacial score (nSPS) is 19.5. The molecule has 13 rings (SSSR count). The second kappa shape index (κ2) is 22.5. The molecule has 1 unspecified atom stereocenters. The maximum atomic E-state index is 14.3. The van der Waals surface area contributed by atoms with Gasteiger partial charge in [0.15, 0.2) is 29.6 Å². The van der Waals surface area contributed by atoms with E-state index in [4.69, 9.17) is 61.2 Å². The van der Waals surface area contributed by atoms with Crippen LogP contribution in [0, 0.1) is 11.8 Å². The lowest BCUT2D eigenvalue weighted by atomic mass is 9.66. The van der Waals surface area contributed by atoms with Gasteiger partial charge in [-0.1, -0.05) is 85.8 Å². The van der Waals surface area contributed by atoms with Gasteiger partial charge in [0.25, 0.3) is 5.56 Å². The highest BCUT2D eigenvalue weighted by Gasteiger charge is 2.55. The van der Waals surface area contributed by atoms with Gasteiger partial charge in [-0.15, -0.1) is 0 Å². The molecule has 0 radical (unpaired) electrons. The molecule has 0 N–H and O–H groups in total. The topological polar surface area (TPSA) is 214 Å². The maximum absolute atomic E-state index is 14.3. The van der Waals surface area contributed by atoms with Crippen LogP contribution in [0.15, 0.2) is 150 Å². The molecule has 0 spiro atoms. The molecular weight excluding hydrogens is 1100 g/mol. The largest absolute Gasteiger partial charge is 0.493 e. The minimum absolute atomic E-state index is 0.0364. The van der Waals surface area contributed by atoms with E-state index in [1.165, 1.54) is 38.5 Å². The molecule has 8 aromatic rings. The molecule has 84 heavy (non-hydrogen) atoms. The zero-order valence-corrected chi connectivity index (χ0v) is 46.5. The summed E-state index contributed by atoms with van der Waals surface area (Å²) in [6, 6.07) is 43.6. The van der Waals surface area contributed by atoms with Crippen LogP contribution >= 0.6 is 8.60 Å². The van der Waals surface area contributed by atoms with Crippen molar-refractivity contribution in [1.82, 2.24) is 9.55 Å². The zero-order chi connectivity index (χ0) is 57.6. The van der Waals surface area contributed by atoms with Crippen LogP contribution in [0.5, 0.6) is 34.5 Å². The number of carbonyl (C=O) groups is 4. The van der Waals surface area contributed by atoms with E-state index in [9.17, 15) is 24.0 Å². The lowest BCUT2D eigenvalue weighted by molar-refractivity contribution is -0.190. The van der Waals surface area contributed by atoms with Crippen LogP contribution in [0.2, 0.25) is 0 Å². The van der Waals surface area contributed by atoms with Crippen molar-refractivity contribution in [3.05, 3.63) is 206 Å². The van der Waals surface area contributed by atoms with E-state index in [0.717, 1.165) is 27.6 Å². The van der Waals surface area contributed by atoms with E-state index >= 15 is 0 Å². The molecule has 20 heteroatoms. The fourth-order valence-electron chi connectivity index (χ4n) is 11.7. The van der Waals surface area contributed by atoms with Crippen molar-refractivity contribution in [3.8, 4) is 45.9 Å². The monoisotopic (exact) mass is 1150 g/mol. The van der Waals surface area contributed by atoms with E-state index in [1.807, 2.05) is 91.0 Å². The smallest absolute Gasteiger partial charge is 0.398 e. The maximum Gasteiger partial charge on any atom is 0.398 e. The van der Waals surface area contributed by atoms with Crippen molar-refractivity contribution >= 4 is 43.4 Å². The quantitative estimate of drug-likeness (QED) is 0.0444. The lowest BCUT2D eigenvalue weighted by Crippen LogP contribution is -2.48. The Morgan fingerprint density at radius 1 is 0.750 bits per heavy atom. The van der Waals surface area contributed by atoms with Gasteiger partial charge < -0.3 is 51.7 Å². The second-order valence-corrected chi connectivity index (χ2v) is 21.7. The third-order valence-corrected chi connectivity index (χ3v) is 16.9. The number of ether oxygens (including phenoxy) is 9. The molecule has 1 saturated heterocycles. The number of benzene rings is 6. The summed E-state index contributed by atoms with van der Waals surface area (Å²) in [6.45, 7) is 1.33. The molecule has 19 nitrogen and oxygen atoms in total. The van der Waals surface area contributed by atoms with Crippen molar-refractivity contribution in [2.45, 2.75) is 57.3 Å². The van der Waals surface area contributed by atoms with Gasteiger partial charge in [0.2, 0.25) is 18.1 Å². The third kappa shape index (κ3) is 9.86. The van der Waals surface area contributed by atoms with Crippen LogP contribution < -0.4 is 33.8 Å². The Morgan fingerprint density at radius 2 is 1.42 bits per heavy atom. The molecule has 6 aromatic carbocycles. The number of hydrogen-bond donors (Lipinski definition) is 0. The second-order valence-electron chi connectivity index (χ2n) is 20.6. The Kier molecular flexibility index (Phi) is 14.4. The molecule has 0 amide bonds. The van der Waals surface area contributed by atoms with E-state index in [0.29, 0.717) is 39.6 Å². The highest BCUT2D eigenvalue weighted by atomic mass is 31.2. The van der Waals surface area contributed by atoms with Gasteiger partial charge in [0.05, 0.1) is 74.5 Å². The minimum Gasteiger partial charge on any atom is -0.493 e. The highest BCUT2D eigenvalue weighted by molar-refractivity contribution is 7.42. The molecule has 426 valence electrons. The van der Waals surface area contributed by atoms with E-state index in [2.05, 4.69) is 0 Å². The van der Waals surface area contributed by atoms with Crippen molar-refractivity contribution in [1.29, 1.82) is 0 Å². The molecule has 4 aliphatic heterocycles. The van der Waals surface area contributed by atoms with Gasteiger partial charge in [-0.25, -0.2) is 19.4 Å². The number of para-hydroxylation sites is 1. The first-order valence-corrected chi connectivity index (χ1v) is 28.3. The van der Waals surface area contributed by atoms with Crippen molar-refractivity contribution in [2.24, 2.45) is 11.8 Å². The summed E-state index contributed by atoms with van der Waals surface area (Å²) in [5.41, 5.74) is 4.59. The Morgan fingerprint density at radius 3 is 2.10 bits per heavy atom. The molecule has 0 bridgehead atoms. The van der Waals surface area contributed by atoms with E-state index in [1.54, 1.807) is 41.8 Å². The van der Waals surface area contributed by atoms with E-state index < -0.39 is 68.5 Å². The van der Waals surface area contributed by atoms with Crippen molar-refractivity contribution < 1.29 is 75.4 Å². The Labute approximate surface area is 481 Å². The molecule has 6 heterocycles. The molecule has 1 aliphatic carbocycles. The standard InChI is InChI=1S/C64H53N2O17P/c1-4-64(47-28-49-57-41(23-39-17-11-12-18-48(39)65-57)29-66(49)60(68)45(47)32-76-63(64)71)82-54(67)34-74-42-21-19-38(20-22-42)61(69)81-58-44-27-51-50(77-35-78-51)26-43(44)55(56-46(58)33-75-62(56)70)40-24-52(72-2)59(53(25-40)73-3)83-84(79-30-36-13-7-5-8-14-36)80-31-37-15-9-6-10-16-37/h5-28,46,55-56,58H,4,29-35H2,1-3H3/t46?,55-,56+,58+,64+/m1/s1. The number of methoxy groups -OCH3 is 2. The van der Waals surface area contributed by atoms with Crippen LogP contribution in [-0.4, -0.2) is 67.7 Å². The van der Waals surface area contributed by atoms with Gasteiger partial charge in [-0.2, -0.15) is 0 Å². The molecular formula is C64H53N2O17P. The van der Waals surface area contributed by atoms with Gasteiger partial charge in [-0.05, 0) is 95.4 Å². The number of fused-ring (bicyclic) bond motifs is 8.